The van der Waals surface area contributed by atoms with Crippen LogP contribution in [0.2, 0.25) is 0 Å². The minimum atomic E-state index is 0.00423. The van der Waals surface area contributed by atoms with Gasteiger partial charge in [0.05, 0.1) is 37.9 Å². The molecule has 2 fully saturated rings. The van der Waals surface area contributed by atoms with Gasteiger partial charge in [-0.05, 0) is 70.1 Å². The molecule has 0 aromatic carbocycles. The molecule has 5 heteroatoms. The summed E-state index contributed by atoms with van der Waals surface area (Å²) < 4.78 is 17.5. The van der Waals surface area contributed by atoms with Crippen molar-refractivity contribution in [2.75, 3.05) is 26.4 Å². The summed E-state index contributed by atoms with van der Waals surface area (Å²) in [5, 5.41) is 9.04. The van der Waals surface area contributed by atoms with Crippen molar-refractivity contribution in [3.05, 3.63) is 0 Å². The first kappa shape index (κ1) is 26.6. The van der Waals surface area contributed by atoms with Crippen molar-refractivity contribution in [3.63, 3.8) is 0 Å². The largest absolute Gasteiger partial charge is 0.465 e. The van der Waals surface area contributed by atoms with Gasteiger partial charge < -0.3 is 19.3 Å². The van der Waals surface area contributed by atoms with Crippen molar-refractivity contribution in [1.82, 2.24) is 0 Å². The first-order valence-electron chi connectivity index (χ1n) is 13.2. The molecule has 0 spiro atoms. The Balaban J connectivity index is 1.42. The van der Waals surface area contributed by atoms with E-state index in [4.69, 9.17) is 19.3 Å². The van der Waals surface area contributed by atoms with Gasteiger partial charge in [-0.1, -0.05) is 45.4 Å². The van der Waals surface area contributed by atoms with Gasteiger partial charge >= 0.3 is 5.97 Å². The summed E-state index contributed by atoms with van der Waals surface area (Å²) >= 11 is 0. The van der Waals surface area contributed by atoms with Crippen LogP contribution in [-0.4, -0.2) is 49.7 Å². The number of esters is 1. The van der Waals surface area contributed by atoms with E-state index >= 15 is 0 Å². The van der Waals surface area contributed by atoms with E-state index in [1.165, 1.54) is 51.4 Å². The molecule has 0 aliphatic heterocycles. The van der Waals surface area contributed by atoms with E-state index in [0.717, 1.165) is 51.4 Å². The molecule has 2 saturated carbocycles. The lowest BCUT2D eigenvalue weighted by atomic mass is 9.85. The molecule has 0 aromatic rings. The van der Waals surface area contributed by atoms with E-state index in [1.807, 2.05) is 0 Å². The van der Waals surface area contributed by atoms with Gasteiger partial charge in [0, 0.05) is 6.61 Å². The van der Waals surface area contributed by atoms with Gasteiger partial charge in [-0.25, -0.2) is 0 Å². The quantitative estimate of drug-likeness (QED) is 0.242. The molecule has 31 heavy (non-hydrogen) atoms. The maximum Gasteiger partial charge on any atom is 0.308 e. The number of hydrogen-bond donors (Lipinski definition) is 1. The van der Waals surface area contributed by atoms with Crippen LogP contribution in [0, 0.1) is 11.8 Å². The Hall–Kier alpha value is -0.650. The molecule has 0 heterocycles. The van der Waals surface area contributed by atoms with Crippen LogP contribution in [0.25, 0.3) is 0 Å². The topological polar surface area (TPSA) is 65.0 Å². The Morgan fingerprint density at radius 2 is 1.29 bits per heavy atom. The monoisotopic (exact) mass is 440 g/mol. The van der Waals surface area contributed by atoms with Crippen molar-refractivity contribution in [3.8, 4) is 0 Å². The van der Waals surface area contributed by atoms with Gasteiger partial charge in [-0.15, -0.1) is 0 Å². The van der Waals surface area contributed by atoms with E-state index < -0.39 is 0 Å². The Morgan fingerprint density at radius 1 is 0.742 bits per heavy atom. The van der Waals surface area contributed by atoms with Gasteiger partial charge in [0.15, 0.2) is 0 Å². The van der Waals surface area contributed by atoms with Gasteiger partial charge in [0.2, 0.25) is 0 Å². The average Bonchev–Trinajstić information content (AvgIpc) is 2.80. The van der Waals surface area contributed by atoms with Crippen LogP contribution >= 0.6 is 0 Å². The molecule has 0 bridgehead atoms. The Labute approximate surface area is 190 Å². The predicted molar refractivity (Wildman–Crippen MR) is 124 cm³/mol. The zero-order valence-electron chi connectivity index (χ0n) is 20.0. The highest BCUT2D eigenvalue weighted by atomic mass is 16.5. The number of hydrogen-bond acceptors (Lipinski definition) is 5. The zero-order valence-corrected chi connectivity index (χ0v) is 20.0. The van der Waals surface area contributed by atoms with Crippen LogP contribution in [-0.2, 0) is 19.0 Å². The third kappa shape index (κ3) is 11.7. The fourth-order valence-corrected chi connectivity index (χ4v) is 5.01. The molecule has 0 unspecified atom stereocenters. The highest BCUT2D eigenvalue weighted by molar-refractivity contribution is 5.72. The summed E-state index contributed by atoms with van der Waals surface area (Å²) in [5.41, 5.74) is 0. The highest BCUT2D eigenvalue weighted by Gasteiger charge is 2.28. The molecule has 2 aliphatic carbocycles. The molecule has 0 atom stereocenters. The van der Waals surface area contributed by atoms with E-state index in [1.54, 1.807) is 0 Å². The molecule has 2 rings (SSSR count). The summed E-state index contributed by atoms with van der Waals surface area (Å²) in [6.45, 7) is 4.44. The van der Waals surface area contributed by atoms with E-state index in [-0.39, 0.29) is 18.0 Å². The fraction of sp³-hybridized carbons (Fsp3) is 0.962. The molecular formula is C26H48O5. The Morgan fingerprint density at radius 3 is 1.87 bits per heavy atom. The normalized spacial score (nSPS) is 26.6. The molecule has 0 radical (unpaired) electrons. The Kier molecular flexibility index (Phi) is 14.5. The van der Waals surface area contributed by atoms with Crippen molar-refractivity contribution in [2.24, 2.45) is 11.8 Å². The number of aliphatic hydroxyl groups excluding tert-OH is 1. The summed E-state index contributed by atoms with van der Waals surface area (Å²) in [7, 11) is 0. The van der Waals surface area contributed by atoms with Crippen molar-refractivity contribution in [1.29, 1.82) is 0 Å². The van der Waals surface area contributed by atoms with Gasteiger partial charge in [-0.2, -0.15) is 0 Å². The second-order valence-electron chi connectivity index (χ2n) is 9.66. The smallest absolute Gasteiger partial charge is 0.308 e. The minimum Gasteiger partial charge on any atom is -0.465 e. The molecule has 1 N–H and O–H groups in total. The lowest BCUT2D eigenvalue weighted by Crippen LogP contribution is -2.29. The molecular weight excluding hydrogens is 392 g/mol. The van der Waals surface area contributed by atoms with Gasteiger partial charge in [0.1, 0.15) is 0 Å². The molecule has 2 aliphatic rings. The van der Waals surface area contributed by atoms with Crippen LogP contribution in [0.5, 0.6) is 0 Å². The van der Waals surface area contributed by atoms with Crippen LogP contribution in [0.1, 0.15) is 110 Å². The summed E-state index contributed by atoms with van der Waals surface area (Å²) in [4.78, 5) is 12.3. The zero-order chi connectivity index (χ0) is 22.2. The fourth-order valence-electron chi connectivity index (χ4n) is 5.01. The lowest BCUT2D eigenvalue weighted by molar-refractivity contribution is -0.151. The summed E-state index contributed by atoms with van der Waals surface area (Å²) in [5.74, 6) is 0.748. The third-order valence-electron chi connectivity index (χ3n) is 7.12. The standard InChI is InChI=1S/C26H48O5/c1-2-3-4-5-6-7-8-19-31-26(28)23-11-15-25(16-12-23)30-21-20-29-24-13-9-22(10-14-24)17-18-27/h22-25,27H,2-21H2,1H3. The first-order valence-corrected chi connectivity index (χ1v) is 13.2. The van der Waals surface area contributed by atoms with Crippen LogP contribution in [0.4, 0.5) is 0 Å². The molecule has 0 saturated heterocycles. The predicted octanol–water partition coefficient (Wildman–Crippen LogP) is 5.81. The van der Waals surface area contributed by atoms with Crippen LogP contribution < -0.4 is 0 Å². The second kappa shape index (κ2) is 16.9. The third-order valence-corrected chi connectivity index (χ3v) is 7.12. The second-order valence-corrected chi connectivity index (χ2v) is 9.66. The molecule has 182 valence electrons. The van der Waals surface area contributed by atoms with E-state index in [0.29, 0.717) is 38.4 Å². The SMILES string of the molecule is CCCCCCCCCOC(=O)C1CCC(OCCOC2CCC(CCO)CC2)CC1. The van der Waals surface area contributed by atoms with Crippen LogP contribution in [0.15, 0.2) is 0 Å². The summed E-state index contributed by atoms with van der Waals surface area (Å²) in [6, 6.07) is 0. The number of ether oxygens (including phenoxy) is 3. The number of rotatable bonds is 16. The Bertz CT molecular complexity index is 439. The van der Waals surface area contributed by atoms with E-state index in [2.05, 4.69) is 6.92 Å². The van der Waals surface area contributed by atoms with Crippen LogP contribution in [0.3, 0.4) is 0 Å². The maximum absolute atomic E-state index is 12.3. The molecule has 0 aromatic heterocycles. The lowest BCUT2D eigenvalue weighted by Gasteiger charge is -2.29. The first-order chi connectivity index (χ1) is 15.2. The van der Waals surface area contributed by atoms with E-state index in [9.17, 15) is 4.79 Å². The number of carbonyl (C=O) groups is 1. The van der Waals surface area contributed by atoms with Crippen molar-refractivity contribution < 1.29 is 24.1 Å². The summed E-state index contributed by atoms with van der Waals surface area (Å²) in [6.07, 6.45) is 18.5. The minimum absolute atomic E-state index is 0.00423. The number of carbonyl (C=O) groups excluding carboxylic acids is 1. The molecule has 5 nitrogen and oxygen atoms in total. The highest BCUT2D eigenvalue weighted by Crippen LogP contribution is 2.29. The van der Waals surface area contributed by atoms with Gasteiger partial charge in [-0.3, -0.25) is 4.79 Å². The number of aliphatic hydroxyl groups is 1. The van der Waals surface area contributed by atoms with Crippen molar-refractivity contribution in [2.45, 2.75) is 122 Å². The van der Waals surface area contributed by atoms with Gasteiger partial charge in [0.25, 0.3) is 0 Å². The number of unbranched alkanes of at least 4 members (excludes halogenated alkanes) is 6. The average molecular weight is 441 g/mol. The van der Waals surface area contributed by atoms with Crippen molar-refractivity contribution >= 4 is 5.97 Å². The molecule has 0 amide bonds. The maximum atomic E-state index is 12.3.